The molecule has 0 amide bonds. The first-order valence-corrected chi connectivity index (χ1v) is 16.9. The van der Waals surface area contributed by atoms with Crippen LogP contribution in [-0.2, 0) is 17.9 Å². The Morgan fingerprint density at radius 3 is 2.31 bits per heavy atom. The molecule has 0 saturated carbocycles. The fraction of sp³-hybridized carbons (Fsp3) is 0.297. The summed E-state index contributed by atoms with van der Waals surface area (Å²) in [5.41, 5.74) is 6.29. The number of carboxylic acids is 1. The van der Waals surface area contributed by atoms with E-state index in [0.717, 1.165) is 40.9 Å². The topological polar surface area (TPSA) is 121 Å². The van der Waals surface area contributed by atoms with Gasteiger partial charge < -0.3 is 14.9 Å². The van der Waals surface area contributed by atoms with Gasteiger partial charge in [0.15, 0.2) is 0 Å². The number of hydrogen-bond acceptors (Lipinski definition) is 8. The van der Waals surface area contributed by atoms with Crippen molar-refractivity contribution in [2.75, 3.05) is 39.9 Å². The Morgan fingerprint density at radius 1 is 0.918 bits per heavy atom. The smallest absolute Gasteiger partial charge is 0.307 e. The molecule has 0 bridgehead atoms. The van der Waals surface area contributed by atoms with Gasteiger partial charge in [-0.15, -0.1) is 0 Å². The highest BCUT2D eigenvalue weighted by Gasteiger charge is 2.29. The number of benzene rings is 2. The van der Waals surface area contributed by atoms with Crippen molar-refractivity contribution >= 4 is 34.8 Å². The molecule has 5 heterocycles. The minimum absolute atomic E-state index is 0.117. The normalized spacial score (nSPS) is 17.0. The van der Waals surface area contributed by atoms with E-state index in [0.29, 0.717) is 71.0 Å². The first-order chi connectivity index (χ1) is 23.7. The maximum Gasteiger partial charge on any atom is 0.307 e. The molecule has 2 saturated heterocycles. The fourth-order valence-electron chi connectivity index (χ4n) is 6.79. The Bertz CT molecular complexity index is 2120. The van der Waals surface area contributed by atoms with Crippen LogP contribution in [0.2, 0.25) is 10.0 Å². The van der Waals surface area contributed by atoms with E-state index in [1.165, 1.54) is 0 Å². The van der Waals surface area contributed by atoms with Crippen molar-refractivity contribution in [1.82, 2.24) is 24.2 Å². The molecule has 12 heteroatoms. The zero-order valence-corrected chi connectivity index (χ0v) is 28.4. The average Bonchev–Trinajstić information content (AvgIpc) is 3.57. The second-order valence-electron chi connectivity index (χ2n) is 12.7. The van der Waals surface area contributed by atoms with Gasteiger partial charge in [0.25, 0.3) is 5.56 Å². The fourth-order valence-corrected chi connectivity index (χ4v) is 7.45. The Balaban J connectivity index is 1.16. The lowest BCUT2D eigenvalue weighted by atomic mass is 9.97. The number of nitrogens with zero attached hydrogens (tertiary/aromatic N) is 5. The Hall–Kier alpha value is -4.32. The van der Waals surface area contributed by atoms with Crippen molar-refractivity contribution in [2.45, 2.75) is 19.5 Å². The highest BCUT2D eigenvalue weighted by atomic mass is 35.5. The number of ether oxygens (including phenoxy) is 1. The quantitative estimate of drug-likeness (QED) is 0.188. The van der Waals surface area contributed by atoms with Gasteiger partial charge in [-0.25, -0.2) is 9.97 Å². The molecule has 2 aliphatic rings. The van der Waals surface area contributed by atoms with Crippen LogP contribution in [0.3, 0.4) is 0 Å². The van der Waals surface area contributed by atoms with Crippen LogP contribution >= 0.6 is 23.2 Å². The third-order valence-electron chi connectivity index (χ3n) is 9.49. The van der Waals surface area contributed by atoms with Gasteiger partial charge in [0.05, 0.1) is 34.3 Å². The monoisotopic (exact) mass is 699 g/mol. The van der Waals surface area contributed by atoms with Crippen LogP contribution in [0, 0.1) is 11.8 Å². The Labute approximate surface area is 293 Å². The lowest BCUT2D eigenvalue weighted by Gasteiger charge is -2.37. The van der Waals surface area contributed by atoms with Crippen LogP contribution in [0.1, 0.15) is 17.5 Å². The number of aromatic nitrogens is 3. The molecular weight excluding hydrogens is 665 g/mol. The van der Waals surface area contributed by atoms with Crippen LogP contribution in [0.4, 0.5) is 0 Å². The molecule has 2 aliphatic heterocycles. The average molecular weight is 701 g/mol. The van der Waals surface area contributed by atoms with E-state index in [-0.39, 0.29) is 24.0 Å². The molecule has 0 unspecified atom stereocenters. The van der Waals surface area contributed by atoms with Gasteiger partial charge in [0, 0.05) is 85.5 Å². The lowest BCUT2D eigenvalue weighted by Crippen LogP contribution is -2.48. The third kappa shape index (κ3) is 6.54. The van der Waals surface area contributed by atoms with Crippen LogP contribution < -0.4 is 10.3 Å². The Morgan fingerprint density at radius 2 is 1.61 bits per heavy atom. The molecule has 0 aliphatic carbocycles. The summed E-state index contributed by atoms with van der Waals surface area (Å²) >= 11 is 14.2. The van der Waals surface area contributed by atoms with Crippen molar-refractivity contribution in [3.63, 3.8) is 0 Å². The molecule has 10 nitrogen and oxygen atoms in total. The first kappa shape index (κ1) is 33.2. The predicted molar refractivity (Wildman–Crippen MR) is 189 cm³/mol. The molecule has 2 N–H and O–H groups in total. The van der Waals surface area contributed by atoms with Crippen LogP contribution in [0.25, 0.3) is 39.2 Å². The molecular formula is C37H35Cl2N5O5. The maximum absolute atomic E-state index is 13.2. The van der Waals surface area contributed by atoms with Gasteiger partial charge in [-0.3, -0.25) is 23.8 Å². The number of aliphatic hydroxyl groups excluding tert-OH is 1. The third-order valence-corrected chi connectivity index (χ3v) is 10.3. The van der Waals surface area contributed by atoms with Gasteiger partial charge in [0.1, 0.15) is 5.65 Å². The molecule has 1 atom stereocenters. The van der Waals surface area contributed by atoms with Crippen molar-refractivity contribution in [3.05, 3.63) is 105 Å². The SMILES string of the molecule is COc1nc(-c2cccc(-c3cccc(-c4ccn5c(=O)c(CN6CC(CO)C6)cnc5c4)c3Cl)c2Cl)ccc1CN1CC[C@@H](C(=O)O)C1. The summed E-state index contributed by atoms with van der Waals surface area (Å²) in [6.07, 6.45) is 3.98. The number of methoxy groups -OCH3 is 1. The summed E-state index contributed by atoms with van der Waals surface area (Å²) in [6, 6.07) is 19.0. The molecule has 0 radical (unpaired) electrons. The molecule has 2 aromatic carbocycles. The zero-order valence-electron chi connectivity index (χ0n) is 26.9. The van der Waals surface area contributed by atoms with Crippen LogP contribution in [0.15, 0.2) is 77.9 Å². The number of likely N-dealkylation sites (tertiary alicyclic amines) is 2. The van der Waals surface area contributed by atoms with E-state index < -0.39 is 5.97 Å². The summed E-state index contributed by atoms with van der Waals surface area (Å²) in [4.78, 5) is 38.2. The number of pyridine rings is 2. The first-order valence-electron chi connectivity index (χ1n) is 16.1. The van der Waals surface area contributed by atoms with E-state index in [9.17, 15) is 19.8 Å². The second kappa shape index (κ2) is 13.9. The van der Waals surface area contributed by atoms with Crippen LogP contribution in [0.5, 0.6) is 5.88 Å². The summed E-state index contributed by atoms with van der Waals surface area (Å²) in [5.74, 6) is -0.390. The zero-order chi connectivity index (χ0) is 34.2. The lowest BCUT2D eigenvalue weighted by molar-refractivity contribution is -0.141. The number of rotatable bonds is 10. The molecule has 3 aromatic heterocycles. The van der Waals surface area contributed by atoms with Crippen molar-refractivity contribution in [3.8, 4) is 39.4 Å². The van der Waals surface area contributed by atoms with E-state index >= 15 is 0 Å². The summed E-state index contributed by atoms with van der Waals surface area (Å²) in [5, 5.41) is 19.7. The number of fused-ring (bicyclic) bond motifs is 1. The van der Waals surface area contributed by atoms with Crippen molar-refractivity contribution < 1.29 is 19.7 Å². The number of aliphatic hydroxyl groups is 1. The van der Waals surface area contributed by atoms with Crippen molar-refractivity contribution in [1.29, 1.82) is 0 Å². The highest BCUT2D eigenvalue weighted by Crippen LogP contribution is 2.42. The standard InChI is InChI=1S/C37H35Cl2N5O5/c1-49-35-24(18-42-12-10-25(19-42)37(47)48)8-9-31(41-35)30-7-3-6-29(34(30)39)28-5-2-4-27(33(28)38)23-11-13-44-32(14-23)40-15-26(36(44)46)20-43-16-22(17-43)21-45/h2-9,11,13-15,22,25,45H,10,12,16-21H2,1H3,(H,47,48)/t25-/m1/s1. The Kier molecular flexibility index (Phi) is 9.41. The van der Waals surface area contributed by atoms with Gasteiger partial charge in [0.2, 0.25) is 5.88 Å². The van der Waals surface area contributed by atoms with E-state index in [4.69, 9.17) is 32.9 Å². The van der Waals surface area contributed by atoms with Gasteiger partial charge in [-0.1, -0.05) is 65.7 Å². The minimum Gasteiger partial charge on any atom is -0.481 e. The van der Waals surface area contributed by atoms with Gasteiger partial charge in [-0.2, -0.15) is 0 Å². The number of halogens is 2. The van der Waals surface area contributed by atoms with Gasteiger partial charge >= 0.3 is 5.97 Å². The number of hydrogen-bond donors (Lipinski definition) is 2. The molecule has 5 aromatic rings. The largest absolute Gasteiger partial charge is 0.481 e. The summed E-state index contributed by atoms with van der Waals surface area (Å²) in [7, 11) is 1.57. The molecule has 7 rings (SSSR count). The minimum atomic E-state index is -0.764. The summed E-state index contributed by atoms with van der Waals surface area (Å²) < 4.78 is 7.20. The van der Waals surface area contributed by atoms with Crippen molar-refractivity contribution in [2.24, 2.45) is 11.8 Å². The highest BCUT2D eigenvalue weighted by molar-refractivity contribution is 6.39. The van der Waals surface area contributed by atoms with E-state index in [1.807, 2.05) is 60.7 Å². The molecule has 49 heavy (non-hydrogen) atoms. The predicted octanol–water partition coefficient (Wildman–Crippen LogP) is 5.74. The van der Waals surface area contributed by atoms with Gasteiger partial charge in [-0.05, 0) is 36.7 Å². The molecule has 252 valence electrons. The van der Waals surface area contributed by atoms with E-state index in [2.05, 4.69) is 14.8 Å². The second-order valence-corrected chi connectivity index (χ2v) is 13.5. The molecule has 2 fully saturated rings. The summed E-state index contributed by atoms with van der Waals surface area (Å²) in [6.45, 7) is 3.95. The maximum atomic E-state index is 13.2. The number of carbonyl (C=O) groups is 1. The number of carboxylic acid groups (broad SMARTS) is 1. The number of aliphatic carboxylic acids is 1. The van der Waals surface area contributed by atoms with E-state index in [1.54, 1.807) is 23.9 Å². The molecule has 0 spiro atoms. The van der Waals surface area contributed by atoms with Crippen LogP contribution in [-0.4, -0.2) is 80.2 Å².